The van der Waals surface area contributed by atoms with Crippen LogP contribution in [0.4, 0.5) is 0 Å². The second kappa shape index (κ2) is 24.3. The van der Waals surface area contributed by atoms with Crippen LogP contribution in [0.1, 0.15) is 72.6 Å². The quantitative estimate of drug-likeness (QED) is 0.0406. The summed E-state index contributed by atoms with van der Waals surface area (Å²) in [6, 6.07) is -2.90. The van der Waals surface area contributed by atoms with Crippen molar-refractivity contribution in [3.8, 4) is 0 Å². The van der Waals surface area contributed by atoms with Crippen LogP contribution in [-0.2, 0) is 55.4 Å². The standard InChI is InChI=1S/C31H47N6O13.Fe/c1-19(11-15-50-31(46)25(32-21(3)39)10-7-14-37(49)28(43)17-20(2)26(41)18-38)16-27(42)36(48)13-6-9-24-30(45)33-23(29(44)34-24)8-5-12-35(47)22(4)40;/h16-17,23-26,38,41H,5-15,18H2,1-4H3,(H,32,39)(H,33,45)(H,34,44);/q-3;+3/b19-16-,20-17+;. The molecule has 0 bridgehead atoms. The SMILES string of the molecule is CC(=O)NC(CCCN([O-])C(=O)/C=C(\C)C(O)CO)C(=O)OCC/C(C)=C\C(=O)N([O-])CCCC1NC(=O)C(CCCN([O-])C(C)=O)NC1=O.[Fe+3]. The maximum absolute atomic E-state index is 12.6. The number of piperazine rings is 1. The number of rotatable bonds is 21. The Kier molecular flexibility index (Phi) is 22.4. The molecule has 1 fully saturated rings. The van der Waals surface area contributed by atoms with Crippen LogP contribution in [0.25, 0.3) is 0 Å². The molecule has 1 aliphatic rings. The zero-order chi connectivity index (χ0) is 38.0. The molecular formula is C31H47FeN6O13. The van der Waals surface area contributed by atoms with Gasteiger partial charge >= 0.3 is 23.0 Å². The van der Waals surface area contributed by atoms with Gasteiger partial charge in [-0.3, -0.25) is 28.8 Å². The first kappa shape index (κ1) is 47.1. The normalized spacial score (nSPS) is 17.2. The van der Waals surface area contributed by atoms with E-state index in [0.29, 0.717) is 5.57 Å². The van der Waals surface area contributed by atoms with Gasteiger partial charge in [0.1, 0.15) is 18.1 Å². The van der Waals surface area contributed by atoms with Crippen molar-refractivity contribution in [1.29, 1.82) is 0 Å². The topological polar surface area (TPSA) is 284 Å². The van der Waals surface area contributed by atoms with Crippen molar-refractivity contribution >= 4 is 41.4 Å². The molecule has 1 saturated heterocycles. The summed E-state index contributed by atoms with van der Waals surface area (Å²) in [5.74, 6) is -4.80. The van der Waals surface area contributed by atoms with Crippen LogP contribution >= 0.6 is 0 Å². The maximum Gasteiger partial charge on any atom is 3.00 e. The van der Waals surface area contributed by atoms with Gasteiger partial charge in [0.2, 0.25) is 35.4 Å². The van der Waals surface area contributed by atoms with Crippen LogP contribution in [-0.4, -0.2) is 124 Å². The molecule has 4 atom stereocenters. The first-order chi connectivity index (χ1) is 23.5. The van der Waals surface area contributed by atoms with Crippen LogP contribution < -0.4 is 16.0 Å². The van der Waals surface area contributed by atoms with E-state index in [4.69, 9.17) is 9.84 Å². The Morgan fingerprint density at radius 2 is 1.33 bits per heavy atom. The molecule has 1 radical (unpaired) electrons. The predicted octanol–water partition coefficient (Wildman–Crippen LogP) is -1.01. The molecule has 4 unspecified atom stereocenters. The van der Waals surface area contributed by atoms with Gasteiger partial charge in [-0.25, -0.2) is 4.79 Å². The van der Waals surface area contributed by atoms with Gasteiger partial charge in [-0.15, -0.1) is 0 Å². The fraction of sp³-hybridized carbons (Fsp3) is 0.645. The molecule has 0 aromatic rings. The van der Waals surface area contributed by atoms with Crippen LogP contribution in [0.3, 0.4) is 0 Å². The second-order valence-corrected chi connectivity index (χ2v) is 11.8. The van der Waals surface area contributed by atoms with E-state index in [1.165, 1.54) is 20.8 Å². The molecular weight excluding hydrogens is 720 g/mol. The minimum atomic E-state index is -1.29. The Balaban J connectivity index is 0.0000250. The summed E-state index contributed by atoms with van der Waals surface area (Å²) in [5.41, 5.74) is 0.503. The van der Waals surface area contributed by atoms with Gasteiger partial charge in [-0.05, 0) is 57.9 Å². The van der Waals surface area contributed by atoms with Crippen molar-refractivity contribution in [2.24, 2.45) is 0 Å². The van der Waals surface area contributed by atoms with Crippen LogP contribution in [0, 0.1) is 15.6 Å². The molecule has 1 heterocycles. The Hall–Kier alpha value is -3.91. The predicted molar refractivity (Wildman–Crippen MR) is 176 cm³/mol. The van der Waals surface area contributed by atoms with Gasteiger partial charge in [0.25, 0.3) is 0 Å². The summed E-state index contributed by atoms with van der Waals surface area (Å²) < 4.78 is 5.19. The molecule has 0 spiro atoms. The molecule has 287 valence electrons. The summed E-state index contributed by atoms with van der Waals surface area (Å²) in [6.07, 6.45) is 1.26. The summed E-state index contributed by atoms with van der Waals surface area (Å²) >= 11 is 0. The van der Waals surface area contributed by atoms with E-state index in [2.05, 4.69) is 16.0 Å². The molecule has 19 nitrogen and oxygen atoms in total. The maximum atomic E-state index is 12.6. The van der Waals surface area contributed by atoms with Gasteiger partial charge in [0.15, 0.2) is 0 Å². The van der Waals surface area contributed by atoms with Gasteiger partial charge in [-0.1, -0.05) is 5.57 Å². The Bertz CT molecular complexity index is 1280. The molecule has 51 heavy (non-hydrogen) atoms. The number of carbonyl (C=O) groups is 7. The zero-order valence-electron chi connectivity index (χ0n) is 29.0. The number of aliphatic hydroxyl groups excluding tert-OH is 2. The third-order valence-electron chi connectivity index (χ3n) is 7.49. The molecule has 6 amide bonds. The van der Waals surface area contributed by atoms with E-state index in [1.54, 1.807) is 0 Å². The number of hydroxylamine groups is 6. The van der Waals surface area contributed by atoms with E-state index in [0.717, 1.165) is 19.1 Å². The van der Waals surface area contributed by atoms with Gasteiger partial charge in [0.05, 0.1) is 19.3 Å². The number of nitrogens with zero attached hydrogens (tertiary/aromatic N) is 3. The van der Waals surface area contributed by atoms with E-state index in [-0.39, 0.29) is 109 Å². The number of carbonyl (C=O) groups excluding carboxylic acids is 7. The second-order valence-electron chi connectivity index (χ2n) is 11.8. The number of hydrogen-bond donors (Lipinski definition) is 5. The Labute approximate surface area is 306 Å². The van der Waals surface area contributed by atoms with Gasteiger partial charge < -0.3 is 61.7 Å². The molecule has 1 rings (SSSR count). The number of amides is 6. The van der Waals surface area contributed by atoms with E-state index in [1.807, 2.05) is 0 Å². The Morgan fingerprint density at radius 1 is 0.843 bits per heavy atom. The fourth-order valence-electron chi connectivity index (χ4n) is 4.55. The molecule has 0 aromatic heterocycles. The van der Waals surface area contributed by atoms with Crippen molar-refractivity contribution in [2.45, 2.75) is 96.9 Å². The van der Waals surface area contributed by atoms with Crippen molar-refractivity contribution in [2.75, 3.05) is 32.8 Å². The molecule has 0 aliphatic carbocycles. The summed E-state index contributed by atoms with van der Waals surface area (Å²) in [7, 11) is 0. The van der Waals surface area contributed by atoms with Crippen molar-refractivity contribution in [3.63, 3.8) is 0 Å². The minimum absolute atomic E-state index is 0. The zero-order valence-corrected chi connectivity index (χ0v) is 30.1. The molecule has 1 aliphatic heterocycles. The third kappa shape index (κ3) is 18.2. The molecule has 20 heteroatoms. The average molecular weight is 768 g/mol. The molecule has 5 N–H and O–H groups in total. The van der Waals surface area contributed by atoms with E-state index >= 15 is 0 Å². The van der Waals surface area contributed by atoms with Gasteiger partial charge in [-0.2, -0.15) is 0 Å². The summed E-state index contributed by atoms with van der Waals surface area (Å²) in [4.78, 5) is 84.2. The summed E-state index contributed by atoms with van der Waals surface area (Å²) in [5, 5.41) is 62.2. The molecule has 0 saturated carbocycles. The van der Waals surface area contributed by atoms with Gasteiger partial charge in [0, 0.05) is 52.1 Å². The minimum Gasteiger partial charge on any atom is -0.756 e. The largest absolute Gasteiger partial charge is 3.00 e. The smallest absolute Gasteiger partial charge is 0.756 e. The third-order valence-corrected chi connectivity index (χ3v) is 7.49. The van der Waals surface area contributed by atoms with Crippen molar-refractivity contribution < 1.29 is 65.6 Å². The number of hydrogen-bond acceptors (Lipinski definition) is 13. The van der Waals surface area contributed by atoms with E-state index in [9.17, 15) is 54.3 Å². The van der Waals surface area contributed by atoms with Crippen LogP contribution in [0.5, 0.6) is 0 Å². The number of nitrogens with one attached hydrogen (secondary N) is 3. The van der Waals surface area contributed by atoms with Crippen molar-refractivity contribution in [3.05, 3.63) is 38.9 Å². The van der Waals surface area contributed by atoms with E-state index < -0.39 is 72.2 Å². The van der Waals surface area contributed by atoms with Crippen molar-refractivity contribution in [1.82, 2.24) is 31.1 Å². The number of aliphatic hydroxyl groups is 2. The first-order valence-electron chi connectivity index (χ1n) is 16.1. The number of ether oxygens (including phenoxy) is 1. The Morgan fingerprint density at radius 3 is 1.82 bits per heavy atom. The first-order valence-corrected chi connectivity index (χ1v) is 16.1. The average Bonchev–Trinajstić information content (AvgIpc) is 3.04. The summed E-state index contributed by atoms with van der Waals surface area (Å²) in [6.45, 7) is 3.68. The molecule has 0 aromatic carbocycles. The number of esters is 1. The monoisotopic (exact) mass is 767 g/mol. The fourth-order valence-corrected chi connectivity index (χ4v) is 4.55. The van der Waals surface area contributed by atoms with Crippen LogP contribution in [0.2, 0.25) is 0 Å². The van der Waals surface area contributed by atoms with Crippen LogP contribution in [0.15, 0.2) is 23.3 Å².